The van der Waals surface area contributed by atoms with E-state index in [2.05, 4.69) is 11.1 Å². The normalized spacial score (nSPS) is 12.8. The molecule has 0 saturated heterocycles. The third-order valence-electron chi connectivity index (χ3n) is 2.74. The van der Waals surface area contributed by atoms with Gasteiger partial charge in [-0.1, -0.05) is 0 Å². The van der Waals surface area contributed by atoms with Crippen molar-refractivity contribution in [3.8, 4) is 28.8 Å². The number of fused-ring (bicyclic) bond motifs is 1. The van der Waals surface area contributed by atoms with Crippen LogP contribution in [0.3, 0.4) is 0 Å². The molecule has 2 heterocycles. The van der Waals surface area contributed by atoms with Crippen molar-refractivity contribution < 1.29 is 9.47 Å². The van der Waals surface area contributed by atoms with E-state index in [1.165, 1.54) is 0 Å². The molecule has 4 heteroatoms. The Bertz CT molecular complexity index is 632. The highest BCUT2D eigenvalue weighted by molar-refractivity contribution is 5.69. The molecule has 0 N–H and O–H groups in total. The first-order chi connectivity index (χ1) is 8.88. The van der Waals surface area contributed by atoms with Crippen LogP contribution in [0.15, 0.2) is 36.5 Å². The molecule has 0 unspecified atom stereocenters. The van der Waals surface area contributed by atoms with Crippen LogP contribution in [0.2, 0.25) is 0 Å². The van der Waals surface area contributed by atoms with Gasteiger partial charge in [0.25, 0.3) is 0 Å². The minimum absolute atomic E-state index is 0.545. The fraction of sp³-hybridized carbons (Fsp3) is 0.143. The van der Waals surface area contributed by atoms with E-state index >= 15 is 0 Å². The van der Waals surface area contributed by atoms with Crippen molar-refractivity contribution in [2.24, 2.45) is 0 Å². The number of benzene rings is 1. The molecule has 0 bridgehead atoms. The topological polar surface area (TPSA) is 55.1 Å². The molecule has 1 aliphatic rings. The fourth-order valence-corrected chi connectivity index (χ4v) is 1.92. The molecule has 1 aromatic heterocycles. The first kappa shape index (κ1) is 10.6. The monoisotopic (exact) mass is 238 g/mol. The summed E-state index contributed by atoms with van der Waals surface area (Å²) in [5, 5.41) is 9.07. The van der Waals surface area contributed by atoms with E-state index in [0.717, 1.165) is 11.3 Å². The van der Waals surface area contributed by atoms with Gasteiger partial charge in [0.05, 0.1) is 11.3 Å². The van der Waals surface area contributed by atoms with Crippen LogP contribution >= 0.6 is 0 Å². The Morgan fingerprint density at radius 1 is 1.11 bits per heavy atom. The molecule has 0 aliphatic carbocycles. The van der Waals surface area contributed by atoms with Crippen molar-refractivity contribution in [2.75, 3.05) is 13.2 Å². The number of hydrogen-bond donors (Lipinski definition) is 0. The number of nitrogens with zero attached hydrogens (tertiary/aromatic N) is 2. The molecule has 0 saturated carbocycles. The number of aromatic nitrogens is 1. The van der Waals surface area contributed by atoms with E-state index in [4.69, 9.17) is 14.7 Å². The molecule has 0 amide bonds. The Morgan fingerprint density at radius 2 is 1.94 bits per heavy atom. The van der Waals surface area contributed by atoms with E-state index < -0.39 is 0 Å². The van der Waals surface area contributed by atoms with Crippen LogP contribution in [-0.2, 0) is 0 Å². The van der Waals surface area contributed by atoms with Gasteiger partial charge in [0.2, 0.25) is 0 Å². The van der Waals surface area contributed by atoms with Crippen LogP contribution in [0.5, 0.6) is 11.5 Å². The minimum Gasteiger partial charge on any atom is -0.486 e. The van der Waals surface area contributed by atoms with Gasteiger partial charge >= 0.3 is 0 Å². The summed E-state index contributed by atoms with van der Waals surface area (Å²) in [4.78, 5) is 4.25. The second-order valence-electron chi connectivity index (χ2n) is 3.87. The predicted octanol–water partition coefficient (Wildman–Crippen LogP) is 2.39. The van der Waals surface area contributed by atoms with E-state index in [9.17, 15) is 0 Å². The SMILES string of the molecule is N#Cc1cccnc1-c1ccc2c(c1)OCCO2. The van der Waals surface area contributed by atoms with Gasteiger partial charge in [0.1, 0.15) is 19.3 Å². The summed E-state index contributed by atoms with van der Waals surface area (Å²) in [6.07, 6.45) is 1.67. The largest absolute Gasteiger partial charge is 0.486 e. The maximum Gasteiger partial charge on any atom is 0.162 e. The Hall–Kier alpha value is -2.54. The molecule has 1 aliphatic heterocycles. The van der Waals surface area contributed by atoms with Crippen molar-refractivity contribution in [3.05, 3.63) is 42.1 Å². The third kappa shape index (κ3) is 1.76. The molecule has 3 rings (SSSR count). The summed E-state index contributed by atoms with van der Waals surface area (Å²) in [6, 6.07) is 11.2. The zero-order valence-electron chi connectivity index (χ0n) is 9.59. The first-order valence-electron chi connectivity index (χ1n) is 5.63. The van der Waals surface area contributed by atoms with Crippen LogP contribution in [0.25, 0.3) is 11.3 Å². The zero-order valence-corrected chi connectivity index (χ0v) is 9.59. The lowest BCUT2D eigenvalue weighted by molar-refractivity contribution is 0.171. The number of pyridine rings is 1. The van der Waals surface area contributed by atoms with Gasteiger partial charge in [-0.25, -0.2) is 0 Å². The summed E-state index contributed by atoms with van der Waals surface area (Å²) >= 11 is 0. The van der Waals surface area contributed by atoms with Crippen molar-refractivity contribution in [1.29, 1.82) is 5.26 Å². The summed E-state index contributed by atoms with van der Waals surface area (Å²) in [5.41, 5.74) is 2.07. The number of hydrogen-bond acceptors (Lipinski definition) is 4. The number of rotatable bonds is 1. The van der Waals surface area contributed by atoms with E-state index in [1.807, 2.05) is 18.2 Å². The average Bonchev–Trinajstić information content (AvgIpc) is 2.46. The lowest BCUT2D eigenvalue weighted by Crippen LogP contribution is -2.15. The van der Waals surface area contributed by atoms with Crippen molar-refractivity contribution in [3.63, 3.8) is 0 Å². The standard InChI is InChI=1S/C14H10N2O2/c15-9-11-2-1-5-16-14(11)10-3-4-12-13(8-10)18-7-6-17-12/h1-5,8H,6-7H2. The van der Waals surface area contributed by atoms with Crippen molar-refractivity contribution >= 4 is 0 Å². The predicted molar refractivity (Wildman–Crippen MR) is 65.4 cm³/mol. The second-order valence-corrected chi connectivity index (χ2v) is 3.87. The molecule has 0 radical (unpaired) electrons. The molecule has 4 nitrogen and oxygen atoms in total. The molecular weight excluding hydrogens is 228 g/mol. The van der Waals surface area contributed by atoms with E-state index in [0.29, 0.717) is 30.2 Å². The van der Waals surface area contributed by atoms with Gasteiger partial charge < -0.3 is 9.47 Å². The summed E-state index contributed by atoms with van der Waals surface area (Å²) < 4.78 is 11.0. The minimum atomic E-state index is 0.545. The highest BCUT2D eigenvalue weighted by atomic mass is 16.6. The first-order valence-corrected chi connectivity index (χ1v) is 5.63. The molecule has 0 fully saturated rings. The van der Waals surface area contributed by atoms with Crippen LogP contribution in [0.1, 0.15) is 5.56 Å². The van der Waals surface area contributed by atoms with Crippen molar-refractivity contribution in [2.45, 2.75) is 0 Å². The maximum atomic E-state index is 9.07. The van der Waals surface area contributed by atoms with Gasteiger partial charge in [-0.05, 0) is 30.3 Å². The Morgan fingerprint density at radius 3 is 2.78 bits per heavy atom. The summed E-state index contributed by atoms with van der Waals surface area (Å²) in [5.74, 6) is 1.44. The van der Waals surface area contributed by atoms with Gasteiger partial charge in [-0.3, -0.25) is 4.98 Å². The smallest absolute Gasteiger partial charge is 0.162 e. The molecular formula is C14H10N2O2. The van der Waals surface area contributed by atoms with Crippen molar-refractivity contribution in [1.82, 2.24) is 4.98 Å². The second kappa shape index (κ2) is 4.38. The van der Waals surface area contributed by atoms with Gasteiger partial charge in [-0.2, -0.15) is 5.26 Å². The van der Waals surface area contributed by atoms with Gasteiger partial charge in [-0.15, -0.1) is 0 Å². The molecule has 18 heavy (non-hydrogen) atoms. The van der Waals surface area contributed by atoms with E-state index in [1.54, 1.807) is 18.3 Å². The zero-order chi connectivity index (χ0) is 12.4. The van der Waals surface area contributed by atoms with Crippen LogP contribution in [0.4, 0.5) is 0 Å². The lowest BCUT2D eigenvalue weighted by Gasteiger charge is -2.18. The molecule has 1 aromatic carbocycles. The number of nitriles is 1. The summed E-state index contributed by atoms with van der Waals surface area (Å²) in [6.45, 7) is 1.11. The summed E-state index contributed by atoms with van der Waals surface area (Å²) in [7, 11) is 0. The molecule has 88 valence electrons. The van der Waals surface area contributed by atoms with Gasteiger partial charge in [0.15, 0.2) is 11.5 Å². The average molecular weight is 238 g/mol. The Kier molecular flexibility index (Phi) is 2.58. The Labute approximate surface area is 104 Å². The fourth-order valence-electron chi connectivity index (χ4n) is 1.92. The van der Waals surface area contributed by atoms with Crippen LogP contribution in [-0.4, -0.2) is 18.2 Å². The Balaban J connectivity index is 2.10. The highest BCUT2D eigenvalue weighted by Gasteiger charge is 2.14. The number of ether oxygens (including phenoxy) is 2. The third-order valence-corrected chi connectivity index (χ3v) is 2.74. The molecule has 0 atom stereocenters. The maximum absolute atomic E-state index is 9.07. The van der Waals surface area contributed by atoms with Gasteiger partial charge in [0, 0.05) is 11.8 Å². The van der Waals surface area contributed by atoms with Crippen LogP contribution < -0.4 is 9.47 Å². The van der Waals surface area contributed by atoms with Crippen LogP contribution in [0, 0.1) is 11.3 Å². The highest BCUT2D eigenvalue weighted by Crippen LogP contribution is 2.34. The van der Waals surface area contributed by atoms with E-state index in [-0.39, 0.29) is 0 Å². The quantitative estimate of drug-likeness (QED) is 0.765. The molecule has 2 aromatic rings. The lowest BCUT2D eigenvalue weighted by atomic mass is 10.1. The molecule has 0 spiro atoms.